The first kappa shape index (κ1) is 10.6. The van der Waals surface area contributed by atoms with Gasteiger partial charge in [0.1, 0.15) is 5.75 Å². The summed E-state index contributed by atoms with van der Waals surface area (Å²) in [6, 6.07) is 3.59. The van der Waals surface area contributed by atoms with Crippen molar-refractivity contribution < 1.29 is 9.90 Å². The van der Waals surface area contributed by atoms with Crippen molar-refractivity contribution in [1.82, 2.24) is 0 Å². The molecule has 2 atom stereocenters. The minimum Gasteiger partial charge on any atom is -0.506 e. The number of ketones is 1. The van der Waals surface area contributed by atoms with E-state index in [0.717, 1.165) is 42.4 Å². The molecule has 0 saturated heterocycles. The standard InChI is InChI=1S/C15H13ClO2/c16-12-4-10-9(3-14(12)18)7-15-2-1-8(6-15)13(17)5-11(10)15/h3-5,8,18H,1-2,6-7H2/t8-,15+/m0/s1. The van der Waals surface area contributed by atoms with Crippen molar-refractivity contribution in [3.63, 3.8) is 0 Å². The maximum Gasteiger partial charge on any atom is 0.159 e. The summed E-state index contributed by atoms with van der Waals surface area (Å²) in [5, 5.41) is 10.1. The number of carbonyl (C=O) groups is 1. The molecule has 1 saturated carbocycles. The first-order valence-corrected chi connectivity index (χ1v) is 6.75. The zero-order valence-electron chi connectivity index (χ0n) is 9.87. The molecule has 0 aliphatic heterocycles. The molecule has 0 heterocycles. The first-order valence-electron chi connectivity index (χ1n) is 6.37. The maximum absolute atomic E-state index is 12.0. The molecule has 2 nitrogen and oxygen atoms in total. The van der Waals surface area contributed by atoms with E-state index < -0.39 is 0 Å². The molecule has 18 heavy (non-hydrogen) atoms. The summed E-state index contributed by atoms with van der Waals surface area (Å²) in [6.45, 7) is 0. The first-order chi connectivity index (χ1) is 8.59. The molecule has 3 heteroatoms. The number of hydrogen-bond donors (Lipinski definition) is 1. The van der Waals surface area contributed by atoms with E-state index in [0.29, 0.717) is 5.02 Å². The second-order valence-electron chi connectivity index (χ2n) is 5.82. The highest BCUT2D eigenvalue weighted by atomic mass is 35.5. The van der Waals surface area contributed by atoms with Crippen LogP contribution < -0.4 is 0 Å². The van der Waals surface area contributed by atoms with Crippen molar-refractivity contribution in [1.29, 1.82) is 0 Å². The van der Waals surface area contributed by atoms with Crippen LogP contribution in [0.4, 0.5) is 0 Å². The molecule has 92 valence electrons. The Morgan fingerprint density at radius 3 is 3.06 bits per heavy atom. The third kappa shape index (κ3) is 1.17. The molecular weight excluding hydrogens is 248 g/mol. The molecule has 1 aromatic carbocycles. The number of rotatable bonds is 0. The molecule has 3 aliphatic rings. The SMILES string of the molecule is O=C1C=C2c3cc(Cl)c(O)cc3C[C@]23CC[C@H]1C3. The van der Waals surface area contributed by atoms with Crippen LogP contribution in [0.15, 0.2) is 18.2 Å². The van der Waals surface area contributed by atoms with Gasteiger partial charge in [-0.15, -0.1) is 0 Å². The summed E-state index contributed by atoms with van der Waals surface area (Å²) in [5.74, 6) is 0.647. The van der Waals surface area contributed by atoms with Crippen molar-refractivity contribution in [2.45, 2.75) is 25.7 Å². The second-order valence-corrected chi connectivity index (χ2v) is 6.23. The molecule has 3 aliphatic carbocycles. The lowest BCUT2D eigenvalue weighted by atomic mass is 9.74. The van der Waals surface area contributed by atoms with E-state index in [4.69, 9.17) is 11.6 Å². The number of benzene rings is 1. The molecular formula is C15H13ClO2. The van der Waals surface area contributed by atoms with E-state index in [9.17, 15) is 9.90 Å². The van der Waals surface area contributed by atoms with Crippen LogP contribution >= 0.6 is 11.6 Å². The number of fused-ring (bicyclic) bond motifs is 3. The van der Waals surface area contributed by atoms with Crippen LogP contribution in [0.5, 0.6) is 5.75 Å². The van der Waals surface area contributed by atoms with Gasteiger partial charge in [0, 0.05) is 11.3 Å². The monoisotopic (exact) mass is 260 g/mol. The van der Waals surface area contributed by atoms with Gasteiger partial charge in [-0.3, -0.25) is 4.79 Å². The third-order valence-electron chi connectivity index (χ3n) is 4.86. The molecule has 4 rings (SSSR count). The van der Waals surface area contributed by atoms with Crippen LogP contribution in [0.3, 0.4) is 0 Å². The molecule has 0 radical (unpaired) electrons. The zero-order chi connectivity index (χ0) is 12.5. The van der Waals surface area contributed by atoms with Gasteiger partial charge in [-0.25, -0.2) is 0 Å². The summed E-state index contributed by atoms with van der Waals surface area (Å²) >= 11 is 6.00. The average molecular weight is 261 g/mol. The fraction of sp³-hybridized carbons (Fsp3) is 0.400. The van der Waals surface area contributed by atoms with E-state index in [2.05, 4.69) is 0 Å². The van der Waals surface area contributed by atoms with Gasteiger partial charge in [-0.05, 0) is 60.6 Å². The van der Waals surface area contributed by atoms with Gasteiger partial charge in [-0.2, -0.15) is 0 Å². The van der Waals surface area contributed by atoms with Crippen molar-refractivity contribution in [2.75, 3.05) is 0 Å². The maximum atomic E-state index is 12.0. The van der Waals surface area contributed by atoms with Gasteiger partial charge in [0.25, 0.3) is 0 Å². The van der Waals surface area contributed by atoms with E-state index >= 15 is 0 Å². The molecule has 1 fully saturated rings. The summed E-state index contributed by atoms with van der Waals surface area (Å²) in [6.07, 6.45) is 5.85. The van der Waals surface area contributed by atoms with Crippen LogP contribution in [0.1, 0.15) is 30.4 Å². The molecule has 0 unspecified atom stereocenters. The Labute approximate surface area is 110 Å². The molecule has 1 spiro atoms. The van der Waals surface area contributed by atoms with Crippen LogP contribution in [0.25, 0.3) is 5.57 Å². The molecule has 0 amide bonds. The topological polar surface area (TPSA) is 37.3 Å². The van der Waals surface area contributed by atoms with Crippen LogP contribution in [0, 0.1) is 11.3 Å². The highest BCUT2D eigenvalue weighted by Crippen LogP contribution is 2.60. The summed E-state index contributed by atoms with van der Waals surface area (Å²) in [7, 11) is 0. The van der Waals surface area contributed by atoms with Crippen molar-refractivity contribution in [3.8, 4) is 5.75 Å². The Balaban J connectivity index is 1.96. The second kappa shape index (κ2) is 3.18. The van der Waals surface area contributed by atoms with Crippen LogP contribution in [-0.4, -0.2) is 10.9 Å². The fourth-order valence-electron chi connectivity index (χ4n) is 4.01. The lowest BCUT2D eigenvalue weighted by molar-refractivity contribution is -0.118. The van der Waals surface area contributed by atoms with Gasteiger partial charge in [0.15, 0.2) is 5.78 Å². The van der Waals surface area contributed by atoms with Gasteiger partial charge in [0.2, 0.25) is 0 Å². The minimum absolute atomic E-state index is 0.145. The Morgan fingerprint density at radius 2 is 2.22 bits per heavy atom. The number of aromatic hydroxyl groups is 1. The highest BCUT2D eigenvalue weighted by Gasteiger charge is 2.51. The number of carbonyl (C=O) groups excluding carboxylic acids is 1. The number of allylic oxidation sites excluding steroid dienone is 2. The fourth-order valence-corrected chi connectivity index (χ4v) is 4.18. The number of hydrogen-bond acceptors (Lipinski definition) is 2. The normalized spacial score (nSPS) is 32.2. The quantitative estimate of drug-likeness (QED) is 0.777. The number of phenolic OH excluding ortho intramolecular Hbond substituents is 1. The van der Waals surface area contributed by atoms with Gasteiger partial charge >= 0.3 is 0 Å². The van der Waals surface area contributed by atoms with Crippen LogP contribution in [-0.2, 0) is 11.2 Å². The van der Waals surface area contributed by atoms with Crippen molar-refractivity contribution >= 4 is 23.0 Å². The summed E-state index contributed by atoms with van der Waals surface area (Å²) < 4.78 is 0. The highest BCUT2D eigenvalue weighted by molar-refractivity contribution is 6.32. The van der Waals surface area contributed by atoms with Crippen molar-refractivity contribution in [3.05, 3.63) is 34.4 Å². The van der Waals surface area contributed by atoms with E-state index in [1.165, 1.54) is 0 Å². The molecule has 2 bridgehead atoms. The molecule has 1 aromatic rings. The van der Waals surface area contributed by atoms with E-state index in [1.807, 2.05) is 12.1 Å². The van der Waals surface area contributed by atoms with E-state index in [-0.39, 0.29) is 22.9 Å². The van der Waals surface area contributed by atoms with E-state index in [1.54, 1.807) is 6.07 Å². The molecule has 1 N–H and O–H groups in total. The van der Waals surface area contributed by atoms with Gasteiger partial charge in [-0.1, -0.05) is 11.6 Å². The van der Waals surface area contributed by atoms with Crippen molar-refractivity contribution in [2.24, 2.45) is 11.3 Å². The Bertz CT molecular complexity index is 617. The summed E-state index contributed by atoms with van der Waals surface area (Å²) in [4.78, 5) is 12.0. The Morgan fingerprint density at radius 1 is 1.39 bits per heavy atom. The predicted octanol–water partition coefficient (Wildman–Crippen LogP) is 3.35. The number of halogens is 1. The summed E-state index contributed by atoms with van der Waals surface area (Å²) in [5.41, 5.74) is 3.53. The average Bonchev–Trinajstić information content (AvgIpc) is 2.83. The third-order valence-corrected chi connectivity index (χ3v) is 5.16. The van der Waals surface area contributed by atoms with Gasteiger partial charge in [0.05, 0.1) is 5.02 Å². The predicted molar refractivity (Wildman–Crippen MR) is 69.6 cm³/mol. The largest absolute Gasteiger partial charge is 0.506 e. The zero-order valence-corrected chi connectivity index (χ0v) is 10.6. The smallest absolute Gasteiger partial charge is 0.159 e. The van der Waals surface area contributed by atoms with Crippen LogP contribution in [0.2, 0.25) is 5.02 Å². The Hall–Kier alpha value is -1.28. The lowest BCUT2D eigenvalue weighted by Gasteiger charge is -2.28. The minimum atomic E-state index is 0.145. The molecule has 0 aromatic heterocycles. The van der Waals surface area contributed by atoms with Gasteiger partial charge < -0.3 is 5.11 Å². The lowest BCUT2D eigenvalue weighted by Crippen LogP contribution is -2.23. The Kier molecular flexibility index (Phi) is 1.88. The number of phenols is 1.